The number of hydrogen-bond acceptors (Lipinski definition) is 2. The summed E-state index contributed by atoms with van der Waals surface area (Å²) in [6.07, 6.45) is 5.42. The third kappa shape index (κ3) is 7.70. The van der Waals surface area contributed by atoms with Gasteiger partial charge >= 0.3 is 0 Å². The highest BCUT2D eigenvalue weighted by atomic mass is 16.5. The zero-order valence-electron chi connectivity index (χ0n) is 18.4. The molecule has 0 radical (unpaired) electrons. The van der Waals surface area contributed by atoms with Crippen molar-refractivity contribution in [3.63, 3.8) is 0 Å². The van der Waals surface area contributed by atoms with Gasteiger partial charge in [0.25, 0.3) is 0 Å². The molecule has 0 unspecified atom stereocenters. The van der Waals surface area contributed by atoms with Gasteiger partial charge in [0.1, 0.15) is 11.5 Å². The van der Waals surface area contributed by atoms with Crippen molar-refractivity contribution in [3.8, 4) is 17.6 Å². The lowest BCUT2D eigenvalue weighted by molar-refractivity contribution is 0.267. The van der Waals surface area contributed by atoms with Gasteiger partial charge in [-0.05, 0) is 68.2 Å². The summed E-state index contributed by atoms with van der Waals surface area (Å²) in [5.74, 6) is 8.40. The van der Waals surface area contributed by atoms with Crippen molar-refractivity contribution < 1.29 is 9.47 Å². The molecule has 0 aliphatic rings. The minimum absolute atomic E-state index is 0.767. The highest BCUT2D eigenvalue weighted by Gasteiger charge is 2.06. The first-order valence-corrected chi connectivity index (χ1v) is 10.9. The lowest BCUT2D eigenvalue weighted by Gasteiger charge is -2.14. The molecule has 0 aliphatic carbocycles. The molecule has 2 aromatic carbocycles. The average molecular weight is 391 g/mol. The first-order valence-electron chi connectivity index (χ1n) is 10.9. The van der Waals surface area contributed by atoms with E-state index in [0.29, 0.717) is 0 Å². The molecule has 2 rings (SSSR count). The Bertz CT molecular complexity index is 818. The van der Waals surface area contributed by atoms with E-state index in [-0.39, 0.29) is 0 Å². The predicted molar refractivity (Wildman–Crippen MR) is 123 cm³/mol. The maximum atomic E-state index is 6.07. The summed E-state index contributed by atoms with van der Waals surface area (Å²) in [6.45, 7) is 10.2. The van der Waals surface area contributed by atoms with E-state index in [1.54, 1.807) is 0 Å². The summed E-state index contributed by atoms with van der Waals surface area (Å²) in [5, 5.41) is 0. The van der Waals surface area contributed by atoms with Crippen molar-refractivity contribution in [2.75, 3.05) is 13.2 Å². The van der Waals surface area contributed by atoms with Crippen molar-refractivity contribution in [1.82, 2.24) is 0 Å². The Morgan fingerprint density at radius 3 is 1.86 bits per heavy atom. The Hall–Kier alpha value is -2.66. The third-order valence-corrected chi connectivity index (χ3v) is 4.78. The van der Waals surface area contributed by atoms with Crippen LogP contribution >= 0.6 is 0 Å². The van der Waals surface area contributed by atoms with E-state index in [1.807, 2.05) is 24.3 Å². The molecule has 2 heteroatoms. The van der Waals surface area contributed by atoms with Crippen LogP contribution in [0.15, 0.2) is 54.1 Å². The number of unbranched alkanes of at least 4 members (excludes halogenated alkanes) is 2. The maximum absolute atomic E-state index is 6.07. The molecule has 0 aromatic heterocycles. The van der Waals surface area contributed by atoms with Crippen molar-refractivity contribution in [1.29, 1.82) is 0 Å². The Kier molecular flexibility index (Phi) is 9.93. The number of benzene rings is 2. The fourth-order valence-electron chi connectivity index (χ4n) is 2.75. The van der Waals surface area contributed by atoms with Crippen LogP contribution in [0.5, 0.6) is 5.75 Å². The molecule has 0 saturated heterocycles. The van der Waals surface area contributed by atoms with Gasteiger partial charge in [0.2, 0.25) is 0 Å². The van der Waals surface area contributed by atoms with E-state index in [2.05, 4.69) is 63.8 Å². The Morgan fingerprint density at radius 1 is 0.759 bits per heavy atom. The molecule has 154 valence electrons. The second-order valence-corrected chi connectivity index (χ2v) is 7.22. The van der Waals surface area contributed by atoms with Gasteiger partial charge in [0.05, 0.1) is 13.2 Å². The number of ether oxygens (including phenoxy) is 2. The molecule has 0 N–H and O–H groups in total. The highest BCUT2D eigenvalue weighted by Crippen LogP contribution is 2.23. The van der Waals surface area contributed by atoms with Crippen molar-refractivity contribution in [2.45, 2.75) is 59.8 Å². The fraction of sp³-hybridized carbons (Fsp3) is 0.407. The Balaban J connectivity index is 2.05. The van der Waals surface area contributed by atoms with E-state index in [1.165, 1.54) is 5.57 Å². The molecule has 0 fully saturated rings. The summed E-state index contributed by atoms with van der Waals surface area (Å²) < 4.78 is 11.8. The molecular formula is C27H34O2. The first kappa shape index (κ1) is 22.6. The lowest BCUT2D eigenvalue weighted by Crippen LogP contribution is -1.98. The molecule has 0 bridgehead atoms. The topological polar surface area (TPSA) is 18.5 Å². The van der Waals surface area contributed by atoms with E-state index >= 15 is 0 Å². The van der Waals surface area contributed by atoms with Crippen LogP contribution in [0.25, 0.3) is 5.76 Å². The van der Waals surface area contributed by atoms with Crippen molar-refractivity contribution >= 4 is 5.76 Å². The molecular weight excluding hydrogens is 356 g/mol. The van der Waals surface area contributed by atoms with Crippen LogP contribution in [0.2, 0.25) is 0 Å². The van der Waals surface area contributed by atoms with Crippen LogP contribution in [0, 0.1) is 11.8 Å². The fourth-order valence-corrected chi connectivity index (χ4v) is 2.75. The van der Waals surface area contributed by atoms with Gasteiger partial charge in [-0.15, -0.1) is 0 Å². The van der Waals surface area contributed by atoms with Crippen LogP contribution in [0.1, 0.15) is 76.5 Å². The molecule has 0 spiro atoms. The second kappa shape index (κ2) is 12.7. The van der Waals surface area contributed by atoms with E-state index in [4.69, 9.17) is 9.47 Å². The molecule has 2 aromatic rings. The minimum Gasteiger partial charge on any atom is -0.494 e. The van der Waals surface area contributed by atoms with Crippen molar-refractivity contribution in [3.05, 3.63) is 70.8 Å². The Morgan fingerprint density at radius 2 is 1.31 bits per heavy atom. The second-order valence-electron chi connectivity index (χ2n) is 7.22. The standard InChI is InChI=1S/C27H34O2/c1-5-8-20-28-26-18-14-24(15-19-26)11-10-23-12-16-25(17-13-23)27(22(4)7-3)29-21-9-6-2/h12-19H,5-9,20-21H2,1-4H3/b27-22-. The van der Waals surface area contributed by atoms with Gasteiger partial charge in [-0.3, -0.25) is 0 Å². The first-order chi connectivity index (χ1) is 14.2. The molecule has 0 aliphatic heterocycles. The Labute approximate surface area is 176 Å². The summed E-state index contributed by atoms with van der Waals surface area (Å²) in [4.78, 5) is 0. The van der Waals surface area contributed by atoms with Gasteiger partial charge in [-0.25, -0.2) is 0 Å². The highest BCUT2D eigenvalue weighted by molar-refractivity contribution is 5.63. The molecule has 2 nitrogen and oxygen atoms in total. The van der Waals surface area contributed by atoms with Gasteiger partial charge in [-0.1, -0.05) is 57.6 Å². The lowest BCUT2D eigenvalue weighted by atomic mass is 10.1. The SMILES string of the molecule is CCCCO/C(=C(/C)CC)c1ccc(C#Cc2ccc(OCCCC)cc2)cc1. The van der Waals surface area contributed by atoms with Gasteiger partial charge in [0, 0.05) is 16.7 Å². The maximum Gasteiger partial charge on any atom is 0.125 e. The zero-order chi connectivity index (χ0) is 20.9. The van der Waals surface area contributed by atoms with E-state index in [9.17, 15) is 0 Å². The predicted octanol–water partition coefficient (Wildman–Crippen LogP) is 7.22. The smallest absolute Gasteiger partial charge is 0.125 e. The number of allylic oxidation sites excluding steroid dienone is 1. The van der Waals surface area contributed by atoms with Crippen LogP contribution in [0.3, 0.4) is 0 Å². The van der Waals surface area contributed by atoms with Gasteiger partial charge in [-0.2, -0.15) is 0 Å². The van der Waals surface area contributed by atoms with Crippen molar-refractivity contribution in [2.24, 2.45) is 0 Å². The summed E-state index contributed by atoms with van der Waals surface area (Å²) in [6, 6.07) is 16.3. The normalized spacial score (nSPS) is 11.3. The van der Waals surface area contributed by atoms with E-state index in [0.717, 1.165) is 73.5 Å². The molecule has 0 heterocycles. The molecule has 0 saturated carbocycles. The van der Waals surface area contributed by atoms with Gasteiger partial charge in [0.15, 0.2) is 0 Å². The third-order valence-electron chi connectivity index (χ3n) is 4.78. The largest absolute Gasteiger partial charge is 0.494 e. The summed E-state index contributed by atoms with van der Waals surface area (Å²) in [5.41, 5.74) is 4.39. The average Bonchev–Trinajstić information content (AvgIpc) is 2.76. The van der Waals surface area contributed by atoms with Gasteiger partial charge < -0.3 is 9.47 Å². The molecule has 0 atom stereocenters. The monoisotopic (exact) mass is 390 g/mol. The number of rotatable bonds is 10. The quantitative estimate of drug-likeness (QED) is 0.242. The van der Waals surface area contributed by atoms with Crippen LogP contribution in [0.4, 0.5) is 0 Å². The van der Waals surface area contributed by atoms with Crippen LogP contribution < -0.4 is 4.74 Å². The summed E-state index contributed by atoms with van der Waals surface area (Å²) >= 11 is 0. The minimum atomic E-state index is 0.767. The van der Waals surface area contributed by atoms with Crippen LogP contribution in [-0.4, -0.2) is 13.2 Å². The molecule has 29 heavy (non-hydrogen) atoms. The number of hydrogen-bond donors (Lipinski definition) is 0. The van der Waals surface area contributed by atoms with Crippen LogP contribution in [-0.2, 0) is 4.74 Å². The summed E-state index contributed by atoms with van der Waals surface area (Å²) in [7, 11) is 0. The molecule has 0 amide bonds. The van der Waals surface area contributed by atoms with E-state index < -0.39 is 0 Å². The zero-order valence-corrected chi connectivity index (χ0v) is 18.4.